The Morgan fingerprint density at radius 1 is 1.50 bits per heavy atom. The molecule has 1 nitrogen and oxygen atoms in total. The molecule has 1 saturated carbocycles. The summed E-state index contributed by atoms with van der Waals surface area (Å²) < 4.78 is 0. The molecule has 2 aliphatic carbocycles. The summed E-state index contributed by atoms with van der Waals surface area (Å²) >= 11 is 0. The maximum absolute atomic E-state index is 11.8. The second-order valence-electron chi connectivity index (χ2n) is 4.82. The van der Waals surface area contributed by atoms with Crippen LogP contribution in [0.4, 0.5) is 0 Å². The van der Waals surface area contributed by atoms with E-state index in [2.05, 4.69) is 26.0 Å². The lowest BCUT2D eigenvalue weighted by Gasteiger charge is -2.39. The van der Waals surface area contributed by atoms with Gasteiger partial charge in [-0.2, -0.15) is 0 Å². The van der Waals surface area contributed by atoms with Gasteiger partial charge in [0.25, 0.3) is 0 Å². The predicted molar refractivity (Wildman–Crippen MR) is 48.8 cm³/mol. The Bertz CT molecular complexity index is 237. The monoisotopic (exact) mass is 164 g/mol. The average Bonchev–Trinajstić information content (AvgIpc) is 2.01. The van der Waals surface area contributed by atoms with Crippen LogP contribution in [-0.2, 0) is 4.79 Å². The van der Waals surface area contributed by atoms with Gasteiger partial charge in [0, 0.05) is 11.3 Å². The van der Waals surface area contributed by atoms with E-state index in [0.29, 0.717) is 5.78 Å². The number of ketones is 1. The highest BCUT2D eigenvalue weighted by Crippen LogP contribution is 2.43. The van der Waals surface area contributed by atoms with Crippen LogP contribution in [0, 0.1) is 17.3 Å². The first-order valence-corrected chi connectivity index (χ1v) is 4.80. The summed E-state index contributed by atoms with van der Waals surface area (Å²) in [4.78, 5) is 11.8. The zero-order valence-corrected chi connectivity index (χ0v) is 7.84. The molecule has 2 bridgehead atoms. The summed E-state index contributed by atoms with van der Waals surface area (Å²) in [5.41, 5.74) is -0.0572. The molecule has 2 atom stereocenters. The van der Waals surface area contributed by atoms with E-state index in [1.165, 1.54) is 6.42 Å². The SMILES string of the molecule is CC1(C)C[C@H]2CC=C[C@H](C2)C1=O. The first-order chi connectivity index (χ1) is 5.59. The standard InChI is InChI=1S/C11H16O/c1-11(2)7-8-4-3-5-9(6-8)10(11)12/h3,5,8-9H,4,6-7H2,1-2H3/t8-,9+/m0/s1. The van der Waals surface area contributed by atoms with Gasteiger partial charge < -0.3 is 0 Å². The molecule has 0 aromatic carbocycles. The minimum Gasteiger partial charge on any atom is -0.298 e. The van der Waals surface area contributed by atoms with Crippen molar-refractivity contribution in [2.75, 3.05) is 0 Å². The second-order valence-corrected chi connectivity index (χ2v) is 4.82. The van der Waals surface area contributed by atoms with Gasteiger partial charge >= 0.3 is 0 Å². The van der Waals surface area contributed by atoms with E-state index in [-0.39, 0.29) is 11.3 Å². The van der Waals surface area contributed by atoms with E-state index < -0.39 is 0 Å². The van der Waals surface area contributed by atoms with Crippen molar-refractivity contribution in [1.82, 2.24) is 0 Å². The fourth-order valence-corrected chi connectivity index (χ4v) is 2.65. The third kappa shape index (κ3) is 1.12. The molecule has 12 heavy (non-hydrogen) atoms. The van der Waals surface area contributed by atoms with Crippen molar-refractivity contribution >= 4 is 5.78 Å². The van der Waals surface area contributed by atoms with Gasteiger partial charge in [-0.05, 0) is 25.2 Å². The molecule has 0 N–H and O–H groups in total. The molecule has 1 fully saturated rings. The van der Waals surface area contributed by atoms with Gasteiger partial charge in [-0.1, -0.05) is 26.0 Å². The molecule has 0 spiro atoms. The molecular weight excluding hydrogens is 148 g/mol. The van der Waals surface area contributed by atoms with E-state index in [1.807, 2.05) is 0 Å². The van der Waals surface area contributed by atoms with E-state index in [1.54, 1.807) is 0 Å². The summed E-state index contributed by atoms with van der Waals surface area (Å²) in [6, 6.07) is 0. The van der Waals surface area contributed by atoms with Crippen molar-refractivity contribution < 1.29 is 4.79 Å². The Kier molecular flexibility index (Phi) is 1.64. The van der Waals surface area contributed by atoms with Gasteiger partial charge in [-0.3, -0.25) is 4.79 Å². The molecular formula is C11H16O. The zero-order chi connectivity index (χ0) is 8.77. The second kappa shape index (κ2) is 2.45. The smallest absolute Gasteiger partial charge is 0.145 e. The zero-order valence-electron chi connectivity index (χ0n) is 7.84. The number of hydrogen-bond donors (Lipinski definition) is 0. The molecule has 0 heterocycles. The summed E-state index contributed by atoms with van der Waals surface area (Å²) in [5.74, 6) is 1.47. The minimum absolute atomic E-state index is 0.0572. The fourth-order valence-electron chi connectivity index (χ4n) is 2.65. The van der Waals surface area contributed by atoms with Crippen LogP contribution >= 0.6 is 0 Å². The maximum Gasteiger partial charge on any atom is 0.145 e. The van der Waals surface area contributed by atoms with Crippen LogP contribution in [0.5, 0.6) is 0 Å². The van der Waals surface area contributed by atoms with Crippen molar-refractivity contribution in [1.29, 1.82) is 0 Å². The Morgan fingerprint density at radius 2 is 2.25 bits per heavy atom. The number of fused-ring (bicyclic) bond motifs is 2. The van der Waals surface area contributed by atoms with Crippen molar-refractivity contribution in [3.63, 3.8) is 0 Å². The van der Waals surface area contributed by atoms with Gasteiger partial charge in [0.1, 0.15) is 5.78 Å². The minimum atomic E-state index is -0.0572. The van der Waals surface area contributed by atoms with Crippen molar-refractivity contribution in [2.45, 2.75) is 33.1 Å². The molecule has 0 amide bonds. The van der Waals surface area contributed by atoms with E-state index in [0.717, 1.165) is 18.8 Å². The number of allylic oxidation sites excluding steroid dienone is 2. The van der Waals surface area contributed by atoms with Crippen LogP contribution in [0.2, 0.25) is 0 Å². The lowest BCUT2D eigenvalue weighted by atomic mass is 9.64. The highest BCUT2D eigenvalue weighted by Gasteiger charge is 2.41. The highest BCUT2D eigenvalue weighted by molar-refractivity contribution is 5.88. The Morgan fingerprint density at radius 3 is 3.00 bits per heavy atom. The van der Waals surface area contributed by atoms with E-state index in [4.69, 9.17) is 0 Å². The molecule has 0 radical (unpaired) electrons. The molecule has 2 rings (SSSR count). The largest absolute Gasteiger partial charge is 0.298 e. The summed E-state index contributed by atoms with van der Waals surface area (Å²) in [6.07, 6.45) is 7.68. The van der Waals surface area contributed by atoms with Crippen LogP contribution in [0.1, 0.15) is 33.1 Å². The van der Waals surface area contributed by atoms with Crippen LogP contribution in [0.15, 0.2) is 12.2 Å². The van der Waals surface area contributed by atoms with E-state index in [9.17, 15) is 4.79 Å². The van der Waals surface area contributed by atoms with Crippen LogP contribution in [-0.4, -0.2) is 5.78 Å². The summed E-state index contributed by atoms with van der Waals surface area (Å²) in [7, 11) is 0. The highest BCUT2D eigenvalue weighted by atomic mass is 16.1. The first-order valence-electron chi connectivity index (χ1n) is 4.80. The third-order valence-corrected chi connectivity index (χ3v) is 3.23. The normalized spacial score (nSPS) is 38.3. The van der Waals surface area contributed by atoms with E-state index >= 15 is 0 Å². The molecule has 0 saturated heterocycles. The Labute approximate surface area is 73.8 Å². The Balaban J connectivity index is 2.29. The topological polar surface area (TPSA) is 17.1 Å². The number of rotatable bonds is 0. The molecule has 66 valence electrons. The van der Waals surface area contributed by atoms with Gasteiger partial charge in [-0.15, -0.1) is 0 Å². The number of hydrogen-bond acceptors (Lipinski definition) is 1. The molecule has 0 aromatic rings. The average molecular weight is 164 g/mol. The van der Waals surface area contributed by atoms with Crippen LogP contribution in [0.3, 0.4) is 0 Å². The van der Waals surface area contributed by atoms with Crippen molar-refractivity contribution in [3.05, 3.63) is 12.2 Å². The van der Waals surface area contributed by atoms with Gasteiger partial charge in [-0.25, -0.2) is 0 Å². The van der Waals surface area contributed by atoms with Crippen LogP contribution < -0.4 is 0 Å². The predicted octanol–water partition coefficient (Wildman–Crippen LogP) is 2.57. The molecule has 1 heteroatoms. The molecule has 0 aromatic heterocycles. The molecule has 2 aliphatic rings. The first kappa shape index (κ1) is 8.03. The van der Waals surface area contributed by atoms with Crippen molar-refractivity contribution in [2.24, 2.45) is 17.3 Å². The van der Waals surface area contributed by atoms with Crippen LogP contribution in [0.25, 0.3) is 0 Å². The quantitative estimate of drug-likeness (QED) is 0.503. The van der Waals surface area contributed by atoms with Gasteiger partial charge in [0.15, 0.2) is 0 Å². The third-order valence-electron chi connectivity index (χ3n) is 3.23. The maximum atomic E-state index is 11.8. The number of carbonyl (C=O) groups is 1. The lowest BCUT2D eigenvalue weighted by molar-refractivity contribution is -0.134. The Hall–Kier alpha value is -0.590. The van der Waals surface area contributed by atoms with Crippen molar-refractivity contribution in [3.8, 4) is 0 Å². The number of Topliss-reactive ketones (excluding diaryl/α,β-unsaturated/α-hetero) is 1. The lowest BCUT2D eigenvalue weighted by Crippen LogP contribution is -2.39. The fraction of sp³-hybridized carbons (Fsp3) is 0.727. The van der Waals surface area contributed by atoms with Gasteiger partial charge in [0.05, 0.1) is 0 Å². The summed E-state index contributed by atoms with van der Waals surface area (Å²) in [6.45, 7) is 4.18. The molecule has 0 aliphatic heterocycles. The van der Waals surface area contributed by atoms with Gasteiger partial charge in [0.2, 0.25) is 0 Å². The summed E-state index contributed by atoms with van der Waals surface area (Å²) in [5, 5.41) is 0. The molecule has 0 unspecified atom stereocenters. The number of carbonyl (C=O) groups excluding carboxylic acids is 1.